The second-order valence-electron chi connectivity index (χ2n) is 5.21. The van der Waals surface area contributed by atoms with Crippen LogP contribution in [0.15, 0.2) is 6.07 Å². The summed E-state index contributed by atoms with van der Waals surface area (Å²) in [6.07, 6.45) is 8.56. The summed E-state index contributed by atoms with van der Waals surface area (Å²) in [5.74, 6) is -0.561. The van der Waals surface area contributed by atoms with Crippen molar-refractivity contribution in [2.75, 3.05) is 5.32 Å². The van der Waals surface area contributed by atoms with Crippen LogP contribution >= 0.6 is 0 Å². The third-order valence-electron chi connectivity index (χ3n) is 3.51. The number of carboxylic acids is 1. The predicted octanol–water partition coefficient (Wildman–Crippen LogP) is 3.01. The predicted molar refractivity (Wildman–Crippen MR) is 73.5 cm³/mol. The van der Waals surface area contributed by atoms with Crippen molar-refractivity contribution in [1.82, 2.24) is 9.97 Å². The van der Waals surface area contributed by atoms with Crippen LogP contribution in [0, 0.1) is 6.92 Å². The number of carbonyl (C=O) groups is 1. The lowest BCUT2D eigenvalue weighted by Gasteiger charge is -2.21. The quantitative estimate of drug-likeness (QED) is 0.876. The van der Waals surface area contributed by atoms with E-state index in [1.807, 2.05) is 0 Å². The maximum absolute atomic E-state index is 11.0. The zero-order chi connectivity index (χ0) is 13.7. The average Bonchev–Trinajstić information content (AvgIpc) is 2.31. The molecule has 1 aromatic rings. The molecule has 1 aromatic heterocycles. The standard InChI is InChI=1S/C14H21N3O2/c1-10-9-12(13(18)19)17-14(15-10)16-11-7-5-3-2-4-6-8-11/h9,11H,2-8H2,1H3,(H,18,19)(H,15,16,17). The molecule has 1 aliphatic rings. The molecule has 5 nitrogen and oxygen atoms in total. The van der Waals surface area contributed by atoms with E-state index < -0.39 is 5.97 Å². The molecule has 1 fully saturated rings. The Balaban J connectivity index is 2.06. The molecule has 0 radical (unpaired) electrons. The Labute approximate surface area is 113 Å². The van der Waals surface area contributed by atoms with Crippen LogP contribution in [0.3, 0.4) is 0 Å². The van der Waals surface area contributed by atoms with E-state index in [-0.39, 0.29) is 5.69 Å². The van der Waals surface area contributed by atoms with E-state index >= 15 is 0 Å². The number of nitrogens with one attached hydrogen (secondary N) is 1. The number of aromatic nitrogens is 2. The molecule has 5 heteroatoms. The summed E-state index contributed by atoms with van der Waals surface area (Å²) in [5.41, 5.74) is 0.738. The molecule has 0 atom stereocenters. The highest BCUT2D eigenvalue weighted by Gasteiger charge is 2.14. The van der Waals surface area contributed by atoms with E-state index in [0.29, 0.717) is 17.7 Å². The minimum absolute atomic E-state index is 0.0563. The number of nitrogens with zero attached hydrogens (tertiary/aromatic N) is 2. The zero-order valence-corrected chi connectivity index (χ0v) is 11.4. The van der Waals surface area contributed by atoms with Crippen LogP contribution in [0.5, 0.6) is 0 Å². The van der Waals surface area contributed by atoms with Crippen molar-refractivity contribution in [2.45, 2.75) is 57.9 Å². The van der Waals surface area contributed by atoms with Crippen LogP contribution in [0.4, 0.5) is 5.95 Å². The molecule has 1 aliphatic carbocycles. The van der Waals surface area contributed by atoms with Crippen molar-refractivity contribution < 1.29 is 9.90 Å². The van der Waals surface area contributed by atoms with Gasteiger partial charge in [0.05, 0.1) is 0 Å². The highest BCUT2D eigenvalue weighted by molar-refractivity contribution is 5.85. The molecule has 2 N–H and O–H groups in total. The first-order valence-corrected chi connectivity index (χ1v) is 7.00. The molecular formula is C14H21N3O2. The van der Waals surface area contributed by atoms with Gasteiger partial charge < -0.3 is 10.4 Å². The summed E-state index contributed by atoms with van der Waals surface area (Å²) >= 11 is 0. The van der Waals surface area contributed by atoms with Crippen LogP contribution in [0.25, 0.3) is 0 Å². The molecule has 0 aliphatic heterocycles. The number of carboxylic acid groups (broad SMARTS) is 1. The molecule has 0 amide bonds. The fraction of sp³-hybridized carbons (Fsp3) is 0.643. The number of hydrogen-bond donors (Lipinski definition) is 2. The van der Waals surface area contributed by atoms with Crippen LogP contribution in [-0.2, 0) is 0 Å². The van der Waals surface area contributed by atoms with Gasteiger partial charge in [-0.3, -0.25) is 0 Å². The Bertz CT molecular complexity index is 440. The number of aryl methyl sites for hydroxylation is 1. The fourth-order valence-corrected chi connectivity index (χ4v) is 2.53. The van der Waals surface area contributed by atoms with Gasteiger partial charge in [-0.1, -0.05) is 32.1 Å². The fourth-order valence-electron chi connectivity index (χ4n) is 2.53. The van der Waals surface area contributed by atoms with Gasteiger partial charge in [0.25, 0.3) is 0 Å². The van der Waals surface area contributed by atoms with Crippen LogP contribution in [-0.4, -0.2) is 27.1 Å². The van der Waals surface area contributed by atoms with E-state index in [4.69, 9.17) is 5.11 Å². The average molecular weight is 263 g/mol. The van der Waals surface area contributed by atoms with Gasteiger partial charge in [0, 0.05) is 11.7 Å². The summed E-state index contributed by atoms with van der Waals surface area (Å²) < 4.78 is 0. The van der Waals surface area contributed by atoms with Gasteiger partial charge >= 0.3 is 5.97 Å². The largest absolute Gasteiger partial charge is 0.477 e. The second-order valence-corrected chi connectivity index (χ2v) is 5.21. The summed E-state index contributed by atoms with van der Waals surface area (Å²) in [7, 11) is 0. The summed E-state index contributed by atoms with van der Waals surface area (Å²) in [6.45, 7) is 1.79. The Hall–Kier alpha value is -1.65. The SMILES string of the molecule is Cc1cc(C(=O)O)nc(NC2CCCCCCC2)n1. The lowest BCUT2D eigenvalue weighted by molar-refractivity contribution is 0.0690. The van der Waals surface area contributed by atoms with E-state index in [1.54, 1.807) is 6.92 Å². The number of anilines is 1. The summed E-state index contributed by atoms with van der Waals surface area (Å²) in [4.78, 5) is 19.3. The highest BCUT2D eigenvalue weighted by Crippen LogP contribution is 2.19. The van der Waals surface area contributed by atoms with Gasteiger partial charge in [-0.05, 0) is 25.8 Å². The minimum atomic E-state index is -1.01. The monoisotopic (exact) mass is 263 g/mol. The molecule has 0 spiro atoms. The number of rotatable bonds is 3. The molecule has 104 valence electrons. The van der Waals surface area contributed by atoms with Crippen molar-refractivity contribution in [1.29, 1.82) is 0 Å². The Kier molecular flexibility index (Phi) is 4.71. The molecular weight excluding hydrogens is 242 g/mol. The van der Waals surface area contributed by atoms with Gasteiger partial charge in [0.15, 0.2) is 5.69 Å². The van der Waals surface area contributed by atoms with Gasteiger partial charge in [-0.2, -0.15) is 0 Å². The van der Waals surface area contributed by atoms with Crippen molar-refractivity contribution >= 4 is 11.9 Å². The smallest absolute Gasteiger partial charge is 0.354 e. The third-order valence-corrected chi connectivity index (χ3v) is 3.51. The van der Waals surface area contributed by atoms with E-state index in [9.17, 15) is 4.79 Å². The Morgan fingerprint density at radius 2 is 1.84 bits per heavy atom. The first kappa shape index (κ1) is 13.8. The molecule has 2 rings (SSSR count). The van der Waals surface area contributed by atoms with Crippen molar-refractivity contribution in [3.8, 4) is 0 Å². The lowest BCUT2D eigenvalue weighted by atomic mass is 9.97. The van der Waals surface area contributed by atoms with Crippen LogP contribution in [0.1, 0.15) is 61.1 Å². The van der Waals surface area contributed by atoms with Crippen LogP contribution in [0.2, 0.25) is 0 Å². The number of aromatic carboxylic acids is 1. The molecule has 1 saturated carbocycles. The maximum Gasteiger partial charge on any atom is 0.354 e. The van der Waals surface area contributed by atoms with Crippen molar-refractivity contribution in [3.05, 3.63) is 17.5 Å². The first-order chi connectivity index (χ1) is 9.15. The van der Waals surface area contributed by atoms with E-state index in [2.05, 4.69) is 15.3 Å². The van der Waals surface area contributed by atoms with Gasteiger partial charge in [0.2, 0.25) is 5.95 Å². The molecule has 19 heavy (non-hydrogen) atoms. The van der Waals surface area contributed by atoms with E-state index in [1.165, 1.54) is 38.2 Å². The molecule has 0 bridgehead atoms. The van der Waals surface area contributed by atoms with Crippen molar-refractivity contribution in [3.63, 3.8) is 0 Å². The second kappa shape index (κ2) is 6.50. The Morgan fingerprint density at radius 3 is 2.47 bits per heavy atom. The highest BCUT2D eigenvalue weighted by atomic mass is 16.4. The Morgan fingerprint density at radius 1 is 1.21 bits per heavy atom. The van der Waals surface area contributed by atoms with E-state index in [0.717, 1.165) is 12.8 Å². The first-order valence-electron chi connectivity index (χ1n) is 7.00. The third kappa shape index (κ3) is 4.19. The van der Waals surface area contributed by atoms with Gasteiger partial charge in [-0.25, -0.2) is 14.8 Å². The summed E-state index contributed by atoms with van der Waals surface area (Å²) in [6, 6.07) is 1.86. The number of hydrogen-bond acceptors (Lipinski definition) is 4. The van der Waals surface area contributed by atoms with Crippen LogP contribution < -0.4 is 5.32 Å². The molecule has 0 saturated heterocycles. The normalized spacial score (nSPS) is 17.5. The zero-order valence-electron chi connectivity index (χ0n) is 11.4. The maximum atomic E-state index is 11.0. The molecule has 0 aromatic carbocycles. The van der Waals surface area contributed by atoms with Crippen molar-refractivity contribution in [2.24, 2.45) is 0 Å². The van der Waals surface area contributed by atoms with Gasteiger partial charge in [0.1, 0.15) is 0 Å². The van der Waals surface area contributed by atoms with Gasteiger partial charge in [-0.15, -0.1) is 0 Å². The summed E-state index contributed by atoms with van der Waals surface area (Å²) in [5, 5.41) is 12.3. The molecule has 0 unspecified atom stereocenters. The topological polar surface area (TPSA) is 75.1 Å². The lowest BCUT2D eigenvalue weighted by Crippen LogP contribution is -2.22. The minimum Gasteiger partial charge on any atom is -0.477 e. The molecule has 1 heterocycles.